The Bertz CT molecular complexity index is 2520. The van der Waals surface area contributed by atoms with Gasteiger partial charge in [-0.3, -0.25) is 34.4 Å². The Morgan fingerprint density at radius 1 is 0.862 bits per heavy atom. The van der Waals surface area contributed by atoms with Crippen molar-refractivity contribution in [3.05, 3.63) is 108 Å². The molecule has 1 fully saturated rings. The first-order valence-corrected chi connectivity index (χ1v) is 19.1. The van der Waals surface area contributed by atoms with Crippen molar-refractivity contribution >= 4 is 45.9 Å². The molecule has 13 heteroatoms. The summed E-state index contributed by atoms with van der Waals surface area (Å²) < 4.78 is 19.7. The Balaban J connectivity index is 0.788. The molecule has 58 heavy (non-hydrogen) atoms. The zero-order valence-corrected chi connectivity index (χ0v) is 32.3. The third kappa shape index (κ3) is 9.13. The largest absolute Gasteiger partial charge is 0.494 e. The van der Waals surface area contributed by atoms with E-state index in [2.05, 4.69) is 61.9 Å². The van der Waals surface area contributed by atoms with Crippen LogP contribution in [0.5, 0.6) is 17.5 Å². The third-order valence-electron chi connectivity index (χ3n) is 9.93. The van der Waals surface area contributed by atoms with Crippen LogP contribution in [-0.2, 0) is 21.4 Å². The van der Waals surface area contributed by atoms with E-state index >= 15 is 0 Å². The molecule has 1 unspecified atom stereocenters. The number of nitrogens with zero attached hydrogens (tertiary/aromatic N) is 5. The predicted molar refractivity (Wildman–Crippen MR) is 217 cm³/mol. The van der Waals surface area contributed by atoms with Crippen LogP contribution < -0.4 is 19.5 Å². The molecule has 0 radical (unpaired) electrons. The van der Waals surface area contributed by atoms with Gasteiger partial charge in [0.2, 0.25) is 30.0 Å². The number of aromatic nitrogens is 4. The number of fused-ring (bicyclic) bond motifs is 3. The van der Waals surface area contributed by atoms with Crippen molar-refractivity contribution in [2.24, 2.45) is 7.05 Å². The molecule has 4 aromatic heterocycles. The van der Waals surface area contributed by atoms with Gasteiger partial charge in [-0.05, 0) is 73.7 Å². The predicted octanol–water partition coefficient (Wildman–Crippen LogP) is 6.34. The van der Waals surface area contributed by atoms with Gasteiger partial charge >= 0.3 is 0 Å². The molecule has 294 valence electrons. The van der Waals surface area contributed by atoms with E-state index < -0.39 is 23.8 Å². The smallest absolute Gasteiger partial charge is 0.261 e. The number of carbonyl (C=O) groups is 4. The number of ether oxygens (including phenoxy) is 3. The first kappa shape index (κ1) is 39.2. The number of hydrogen-bond donors (Lipinski definition) is 1. The molecule has 0 saturated carbocycles. The van der Waals surface area contributed by atoms with Gasteiger partial charge in [-0.2, -0.15) is 0 Å². The second-order valence-corrected chi connectivity index (χ2v) is 13.9. The van der Waals surface area contributed by atoms with E-state index in [1.807, 2.05) is 42.9 Å². The van der Waals surface area contributed by atoms with Gasteiger partial charge in [-0.1, -0.05) is 30.0 Å². The van der Waals surface area contributed by atoms with Gasteiger partial charge in [0, 0.05) is 96.2 Å². The molecule has 4 amide bonds. The number of unbranched alkanes of at least 4 members (excludes halogenated alkanes) is 2. The summed E-state index contributed by atoms with van der Waals surface area (Å²) in [6.07, 6.45) is 10.6. The average molecular weight is 779 g/mol. The Hall–Kier alpha value is -7.07. The number of piperidine rings is 1. The van der Waals surface area contributed by atoms with Gasteiger partial charge in [-0.15, -0.1) is 0 Å². The van der Waals surface area contributed by atoms with Gasteiger partial charge in [0.15, 0.2) is 0 Å². The summed E-state index contributed by atoms with van der Waals surface area (Å²) >= 11 is 0. The number of rotatable bonds is 15. The number of nitrogens with one attached hydrogen (secondary N) is 1. The summed E-state index contributed by atoms with van der Waals surface area (Å²) in [7, 11) is 2.07. The monoisotopic (exact) mass is 778 g/mol. The molecule has 1 aliphatic rings. The van der Waals surface area contributed by atoms with Gasteiger partial charge in [0.1, 0.15) is 11.8 Å². The van der Waals surface area contributed by atoms with E-state index in [4.69, 9.17) is 14.2 Å². The normalized spacial score (nSPS) is 13.7. The second-order valence-electron chi connectivity index (χ2n) is 13.9. The summed E-state index contributed by atoms with van der Waals surface area (Å²) in [5.74, 6) is 6.12. The number of benzene rings is 2. The van der Waals surface area contributed by atoms with Gasteiger partial charge < -0.3 is 18.8 Å². The van der Waals surface area contributed by atoms with Crippen molar-refractivity contribution in [3.63, 3.8) is 0 Å². The Labute approximate surface area is 335 Å². The summed E-state index contributed by atoms with van der Waals surface area (Å²) in [6.45, 7) is 3.04. The fourth-order valence-electron chi connectivity index (χ4n) is 6.76. The maximum Gasteiger partial charge on any atom is 0.261 e. The lowest BCUT2D eigenvalue weighted by molar-refractivity contribution is -0.139. The lowest BCUT2D eigenvalue weighted by Gasteiger charge is -2.28. The average Bonchev–Trinajstić information content (AvgIpc) is 3.53. The van der Waals surface area contributed by atoms with E-state index in [0.717, 1.165) is 50.9 Å². The SMILES string of the molecule is Cc1ccc(OCCCCC#Cc2ccc(OCCCOc3ccc(-c4ccc5c6cnccc6n(C)c5c4)cn3)nc2)cc1C(=O)N(C=O)C1CCC(=O)NC1=O. The van der Waals surface area contributed by atoms with Gasteiger partial charge in [0.25, 0.3) is 5.91 Å². The third-order valence-corrected chi connectivity index (χ3v) is 9.93. The molecule has 1 aliphatic heterocycles. The van der Waals surface area contributed by atoms with Crippen LogP contribution in [0, 0.1) is 18.8 Å². The van der Waals surface area contributed by atoms with E-state index in [-0.39, 0.29) is 18.4 Å². The highest BCUT2D eigenvalue weighted by Gasteiger charge is 2.35. The van der Waals surface area contributed by atoms with E-state index in [1.165, 1.54) is 5.39 Å². The summed E-state index contributed by atoms with van der Waals surface area (Å²) in [6, 6.07) is 20.0. The quantitative estimate of drug-likeness (QED) is 0.0540. The number of amides is 4. The molecule has 2 aromatic carbocycles. The maximum absolute atomic E-state index is 13.2. The van der Waals surface area contributed by atoms with Crippen LogP contribution in [0.25, 0.3) is 32.9 Å². The zero-order chi connectivity index (χ0) is 40.4. The number of pyridine rings is 3. The highest BCUT2D eigenvalue weighted by atomic mass is 16.5. The Morgan fingerprint density at radius 3 is 2.38 bits per heavy atom. The van der Waals surface area contributed by atoms with E-state index in [0.29, 0.717) is 62.1 Å². The van der Waals surface area contributed by atoms with E-state index in [1.54, 1.807) is 37.4 Å². The fraction of sp³-hybridized carbons (Fsp3) is 0.267. The zero-order valence-electron chi connectivity index (χ0n) is 32.3. The molecule has 1 N–H and O–H groups in total. The number of aryl methyl sites for hydroxylation is 2. The van der Waals surface area contributed by atoms with Gasteiger partial charge in [0.05, 0.1) is 25.3 Å². The molecule has 7 rings (SSSR count). The first-order valence-electron chi connectivity index (χ1n) is 19.1. The number of hydrogen-bond acceptors (Lipinski definition) is 10. The molecule has 6 aromatic rings. The Kier molecular flexibility index (Phi) is 12.3. The molecule has 13 nitrogen and oxygen atoms in total. The second kappa shape index (κ2) is 18.3. The Morgan fingerprint density at radius 2 is 1.64 bits per heavy atom. The van der Waals surface area contributed by atoms with Gasteiger partial charge in [-0.25, -0.2) is 9.97 Å². The molecule has 1 atom stereocenters. The van der Waals surface area contributed by atoms with Crippen molar-refractivity contribution < 1.29 is 33.4 Å². The molecular weight excluding hydrogens is 737 g/mol. The van der Waals surface area contributed by atoms with Crippen molar-refractivity contribution in [3.8, 4) is 40.5 Å². The minimum absolute atomic E-state index is 0.0539. The van der Waals surface area contributed by atoms with Crippen molar-refractivity contribution in [2.45, 2.75) is 51.5 Å². The number of carbonyl (C=O) groups excluding carboxylic acids is 4. The van der Waals surface area contributed by atoms with Crippen LogP contribution in [0.15, 0.2) is 91.5 Å². The van der Waals surface area contributed by atoms with Crippen molar-refractivity contribution in [1.29, 1.82) is 0 Å². The standard InChI is InChI=1S/C45H42N6O7/c1-30-9-13-34(25-36(30)45(55)51(29-52)39-15-16-41(53)49-44(39)54)56-21-6-4-3-5-8-31-10-17-42(47-26-31)57-22-7-23-58-43-18-12-33(27-48-43)32-11-14-35-37-28-46-20-19-38(37)50(2)40(35)24-32/h9-14,17-20,24-29,39H,3-4,6-7,15-16,21-23H2,1-2H3,(H,49,53,54). The highest BCUT2D eigenvalue weighted by Crippen LogP contribution is 2.31. The van der Waals surface area contributed by atoms with Crippen LogP contribution >= 0.6 is 0 Å². The minimum atomic E-state index is -1.04. The maximum atomic E-state index is 13.2. The van der Waals surface area contributed by atoms with Crippen LogP contribution in [0.3, 0.4) is 0 Å². The molecule has 0 spiro atoms. The van der Waals surface area contributed by atoms with Crippen LogP contribution in [0.2, 0.25) is 0 Å². The summed E-state index contributed by atoms with van der Waals surface area (Å²) in [5.41, 5.74) is 6.05. The molecular formula is C45H42N6O7. The van der Waals surface area contributed by atoms with Crippen molar-refractivity contribution in [2.75, 3.05) is 19.8 Å². The van der Waals surface area contributed by atoms with Crippen LogP contribution in [0.1, 0.15) is 60.0 Å². The minimum Gasteiger partial charge on any atom is -0.494 e. The lowest BCUT2D eigenvalue weighted by Crippen LogP contribution is -2.53. The molecule has 1 saturated heterocycles. The fourth-order valence-corrected chi connectivity index (χ4v) is 6.76. The molecule has 0 aliphatic carbocycles. The summed E-state index contributed by atoms with van der Waals surface area (Å²) in [5, 5.41) is 4.49. The van der Waals surface area contributed by atoms with Crippen LogP contribution in [-0.4, -0.2) is 74.4 Å². The highest BCUT2D eigenvalue weighted by molar-refractivity contribution is 6.09. The summed E-state index contributed by atoms with van der Waals surface area (Å²) in [4.78, 5) is 62.8. The lowest BCUT2D eigenvalue weighted by atomic mass is 10.0. The molecule has 0 bridgehead atoms. The van der Waals surface area contributed by atoms with E-state index in [9.17, 15) is 19.2 Å². The van der Waals surface area contributed by atoms with Crippen LogP contribution in [0.4, 0.5) is 0 Å². The number of imide groups is 2. The topological polar surface area (TPSA) is 155 Å². The first-order chi connectivity index (χ1) is 28.3. The van der Waals surface area contributed by atoms with Crippen molar-refractivity contribution in [1.82, 2.24) is 29.7 Å². The molecule has 5 heterocycles.